The van der Waals surface area contributed by atoms with E-state index in [2.05, 4.69) is 15.3 Å². The molecule has 0 saturated carbocycles. The number of halogens is 1. The number of nitrogens with one attached hydrogen (secondary N) is 1. The molecule has 0 radical (unpaired) electrons. The molecule has 1 fully saturated rings. The van der Waals surface area contributed by atoms with Crippen molar-refractivity contribution in [2.45, 2.75) is 19.9 Å². The first-order chi connectivity index (χ1) is 13.0. The van der Waals surface area contributed by atoms with E-state index in [9.17, 15) is 14.4 Å². The molecular formula is C18H18ClN5O3. The van der Waals surface area contributed by atoms with Crippen LogP contribution in [0.2, 0.25) is 5.02 Å². The molecule has 1 aliphatic heterocycles. The number of imide groups is 2. The van der Waals surface area contributed by atoms with Crippen molar-refractivity contribution in [1.82, 2.24) is 14.9 Å². The number of nitrogens with zero attached hydrogens (tertiary/aromatic N) is 4. The van der Waals surface area contributed by atoms with Crippen LogP contribution in [-0.2, 0) is 16.1 Å². The van der Waals surface area contributed by atoms with Gasteiger partial charge in [0.15, 0.2) is 5.92 Å². The summed E-state index contributed by atoms with van der Waals surface area (Å²) in [6.07, 6.45) is 5.99. The van der Waals surface area contributed by atoms with Crippen LogP contribution in [0.15, 0.2) is 48.0 Å². The Morgan fingerprint density at radius 2 is 2.00 bits per heavy atom. The molecule has 1 aromatic heterocycles. The summed E-state index contributed by atoms with van der Waals surface area (Å²) in [7, 11) is 0. The summed E-state index contributed by atoms with van der Waals surface area (Å²) in [6, 6.07) is 5.45. The quantitative estimate of drug-likeness (QED) is 0.467. The molecule has 0 aliphatic carbocycles. The predicted octanol–water partition coefficient (Wildman–Crippen LogP) is 2.29. The smallest absolute Gasteiger partial charge is 0.335 e. The summed E-state index contributed by atoms with van der Waals surface area (Å²) in [4.78, 5) is 46.4. The van der Waals surface area contributed by atoms with Crippen LogP contribution >= 0.6 is 11.6 Å². The highest BCUT2D eigenvalue weighted by Crippen LogP contribution is 2.23. The van der Waals surface area contributed by atoms with E-state index in [-0.39, 0.29) is 0 Å². The van der Waals surface area contributed by atoms with Crippen molar-refractivity contribution in [3.05, 3.63) is 48.0 Å². The standard InChI is InChI=1S/C18H18ClN5O3/c1-12(21-7-2-9-23-10-8-20-11-23)15-16(25)22-18(27)24(17(15)26)14-5-3-13(19)4-6-14/h3-6,8,10-11,15H,2,7,9H2,1H3,(H,22,25,27). The monoisotopic (exact) mass is 387 g/mol. The van der Waals surface area contributed by atoms with Crippen LogP contribution in [0.25, 0.3) is 0 Å². The van der Waals surface area contributed by atoms with Gasteiger partial charge in [-0.25, -0.2) is 14.7 Å². The molecule has 1 unspecified atom stereocenters. The number of urea groups is 1. The molecule has 1 saturated heterocycles. The van der Waals surface area contributed by atoms with Crippen molar-refractivity contribution in [1.29, 1.82) is 0 Å². The lowest BCUT2D eigenvalue weighted by Crippen LogP contribution is -2.60. The number of barbiturate groups is 1. The first-order valence-electron chi connectivity index (χ1n) is 8.38. The van der Waals surface area contributed by atoms with Crippen molar-refractivity contribution >= 4 is 40.8 Å². The zero-order valence-corrected chi connectivity index (χ0v) is 15.4. The highest BCUT2D eigenvalue weighted by molar-refractivity contribution is 6.35. The number of imidazole rings is 1. The minimum atomic E-state index is -1.13. The van der Waals surface area contributed by atoms with E-state index in [1.54, 1.807) is 43.7 Å². The summed E-state index contributed by atoms with van der Waals surface area (Å²) in [5.41, 5.74) is 0.710. The molecule has 3 rings (SSSR count). The van der Waals surface area contributed by atoms with Crippen molar-refractivity contribution in [2.24, 2.45) is 10.9 Å². The highest BCUT2D eigenvalue weighted by atomic mass is 35.5. The van der Waals surface area contributed by atoms with Gasteiger partial charge < -0.3 is 4.57 Å². The highest BCUT2D eigenvalue weighted by Gasteiger charge is 2.42. The number of aliphatic imine (C=N–C) groups is 1. The van der Waals surface area contributed by atoms with Gasteiger partial charge in [-0.3, -0.25) is 19.9 Å². The second kappa shape index (κ2) is 8.13. The summed E-state index contributed by atoms with van der Waals surface area (Å²) < 4.78 is 1.92. The van der Waals surface area contributed by atoms with E-state index in [1.807, 2.05) is 10.8 Å². The molecule has 4 amide bonds. The van der Waals surface area contributed by atoms with E-state index in [0.717, 1.165) is 17.9 Å². The maximum Gasteiger partial charge on any atom is 0.335 e. The molecule has 1 N–H and O–H groups in total. The Morgan fingerprint density at radius 3 is 2.67 bits per heavy atom. The second-order valence-electron chi connectivity index (χ2n) is 6.05. The fourth-order valence-corrected chi connectivity index (χ4v) is 2.92. The van der Waals surface area contributed by atoms with Crippen LogP contribution in [0.3, 0.4) is 0 Å². The van der Waals surface area contributed by atoms with Gasteiger partial charge in [0, 0.05) is 36.2 Å². The summed E-state index contributed by atoms with van der Waals surface area (Å²) in [5.74, 6) is -2.42. The van der Waals surface area contributed by atoms with Crippen molar-refractivity contribution in [2.75, 3.05) is 11.4 Å². The molecule has 1 atom stereocenters. The SMILES string of the molecule is CC(=NCCCn1ccnc1)C1C(=O)NC(=O)N(c2ccc(Cl)cc2)C1=O. The molecule has 1 aliphatic rings. The number of hydrogen-bond donors (Lipinski definition) is 1. The number of amides is 4. The third kappa shape index (κ3) is 4.22. The normalized spacial score (nSPS) is 18.0. The fraction of sp³-hybridized carbons (Fsp3) is 0.278. The van der Waals surface area contributed by atoms with Crippen molar-refractivity contribution < 1.29 is 14.4 Å². The van der Waals surface area contributed by atoms with Crippen LogP contribution in [0.4, 0.5) is 10.5 Å². The maximum atomic E-state index is 12.8. The Bertz CT molecular complexity index is 877. The molecule has 1 aromatic carbocycles. The number of aromatic nitrogens is 2. The van der Waals surface area contributed by atoms with E-state index in [4.69, 9.17) is 11.6 Å². The molecule has 9 heteroatoms. The van der Waals surface area contributed by atoms with Crippen LogP contribution in [0.1, 0.15) is 13.3 Å². The van der Waals surface area contributed by atoms with Crippen LogP contribution in [-0.4, -0.2) is 39.7 Å². The molecule has 0 bridgehead atoms. The Balaban J connectivity index is 1.71. The number of anilines is 1. The summed E-state index contributed by atoms with van der Waals surface area (Å²) in [6.45, 7) is 2.81. The Labute approximate surface area is 160 Å². The van der Waals surface area contributed by atoms with E-state index >= 15 is 0 Å². The number of rotatable bonds is 6. The Morgan fingerprint density at radius 1 is 1.26 bits per heavy atom. The van der Waals surface area contributed by atoms with Gasteiger partial charge in [0.05, 0.1) is 12.0 Å². The van der Waals surface area contributed by atoms with Crippen molar-refractivity contribution in [3.8, 4) is 0 Å². The minimum absolute atomic E-state index is 0.340. The summed E-state index contributed by atoms with van der Waals surface area (Å²) >= 11 is 5.85. The largest absolute Gasteiger partial charge is 0.337 e. The lowest BCUT2D eigenvalue weighted by Gasteiger charge is -2.30. The van der Waals surface area contributed by atoms with Gasteiger partial charge in [-0.2, -0.15) is 0 Å². The first-order valence-corrected chi connectivity index (χ1v) is 8.76. The average molecular weight is 388 g/mol. The van der Waals surface area contributed by atoms with Crippen LogP contribution in [0, 0.1) is 5.92 Å². The van der Waals surface area contributed by atoms with E-state index < -0.39 is 23.8 Å². The number of aryl methyl sites for hydroxylation is 1. The molecule has 2 heterocycles. The predicted molar refractivity (Wildman–Crippen MR) is 101 cm³/mol. The number of hydrogen-bond acceptors (Lipinski definition) is 5. The lowest BCUT2D eigenvalue weighted by molar-refractivity contribution is -0.131. The fourth-order valence-electron chi connectivity index (χ4n) is 2.80. The van der Waals surface area contributed by atoms with Gasteiger partial charge in [0.1, 0.15) is 0 Å². The number of carbonyl (C=O) groups is 3. The molecule has 27 heavy (non-hydrogen) atoms. The third-order valence-electron chi connectivity index (χ3n) is 4.16. The Kier molecular flexibility index (Phi) is 5.66. The molecule has 2 aromatic rings. The zero-order valence-electron chi connectivity index (χ0n) is 14.6. The van der Waals surface area contributed by atoms with Gasteiger partial charge in [0.25, 0.3) is 5.91 Å². The van der Waals surface area contributed by atoms with Gasteiger partial charge in [-0.05, 0) is 37.6 Å². The third-order valence-corrected chi connectivity index (χ3v) is 4.41. The van der Waals surface area contributed by atoms with E-state index in [1.165, 1.54) is 0 Å². The lowest BCUT2D eigenvalue weighted by atomic mass is 9.99. The molecule has 8 nitrogen and oxygen atoms in total. The number of benzene rings is 1. The van der Waals surface area contributed by atoms with E-state index in [0.29, 0.717) is 23.0 Å². The topological polar surface area (TPSA) is 96.7 Å². The molecular weight excluding hydrogens is 370 g/mol. The number of carbonyl (C=O) groups excluding carboxylic acids is 3. The molecule has 140 valence electrons. The van der Waals surface area contributed by atoms with Gasteiger partial charge in [-0.1, -0.05) is 11.6 Å². The Hall–Kier alpha value is -3.00. The first kappa shape index (κ1) is 18.8. The van der Waals surface area contributed by atoms with Crippen LogP contribution in [0.5, 0.6) is 0 Å². The maximum absolute atomic E-state index is 12.8. The van der Waals surface area contributed by atoms with Gasteiger partial charge in [-0.15, -0.1) is 0 Å². The zero-order chi connectivity index (χ0) is 19.4. The average Bonchev–Trinajstić information content (AvgIpc) is 3.13. The minimum Gasteiger partial charge on any atom is -0.337 e. The van der Waals surface area contributed by atoms with Crippen LogP contribution < -0.4 is 10.2 Å². The molecule has 0 spiro atoms. The van der Waals surface area contributed by atoms with Gasteiger partial charge >= 0.3 is 6.03 Å². The summed E-state index contributed by atoms with van der Waals surface area (Å²) in [5, 5.41) is 2.70. The second-order valence-corrected chi connectivity index (χ2v) is 6.49. The van der Waals surface area contributed by atoms with Gasteiger partial charge in [0.2, 0.25) is 5.91 Å². The van der Waals surface area contributed by atoms with Crippen molar-refractivity contribution in [3.63, 3.8) is 0 Å².